The zero-order valence-electron chi connectivity index (χ0n) is 9.47. The number of hydrogen-bond acceptors (Lipinski definition) is 4. The fourth-order valence-electron chi connectivity index (χ4n) is 1.88. The van der Waals surface area contributed by atoms with Crippen molar-refractivity contribution in [1.82, 2.24) is 5.32 Å². The minimum absolute atomic E-state index is 0.387. The van der Waals surface area contributed by atoms with Crippen LogP contribution in [0.3, 0.4) is 0 Å². The molecule has 1 aromatic heterocycles. The molecule has 5 nitrogen and oxygen atoms in total. The van der Waals surface area contributed by atoms with E-state index in [1.54, 1.807) is 6.92 Å². The van der Waals surface area contributed by atoms with E-state index in [-0.39, 0.29) is 5.97 Å². The summed E-state index contributed by atoms with van der Waals surface area (Å²) < 4.78 is 4.76. The Balaban J connectivity index is 2.38. The van der Waals surface area contributed by atoms with Gasteiger partial charge in [0.15, 0.2) is 0 Å². The van der Waals surface area contributed by atoms with Crippen LogP contribution in [-0.4, -0.2) is 24.8 Å². The standard InChI is InChI=1S/C11H12N2O3S/c1-6-8(10(14)16-2)9(13-11(15)12-6)7-3-4-17-5-7/h3-5,8-9H,1-2H3,(H,13,15). The summed E-state index contributed by atoms with van der Waals surface area (Å²) in [6, 6.07) is 1.07. The third-order valence-corrected chi connectivity index (χ3v) is 3.40. The normalized spacial score (nSPS) is 23.9. The van der Waals surface area contributed by atoms with Crippen molar-refractivity contribution < 1.29 is 14.3 Å². The molecule has 1 aromatic rings. The smallest absolute Gasteiger partial charge is 0.341 e. The number of carbonyl (C=O) groups excluding carboxylic acids is 2. The number of rotatable bonds is 2. The summed E-state index contributed by atoms with van der Waals surface area (Å²) in [5.41, 5.74) is 1.38. The lowest BCUT2D eigenvalue weighted by atomic mass is 9.90. The number of thiophene rings is 1. The fraction of sp³-hybridized carbons (Fsp3) is 0.364. The maximum absolute atomic E-state index is 11.7. The number of urea groups is 1. The lowest BCUT2D eigenvalue weighted by Crippen LogP contribution is -2.43. The summed E-state index contributed by atoms with van der Waals surface area (Å²) in [7, 11) is 1.33. The number of hydrogen-bond donors (Lipinski definition) is 1. The number of carbonyl (C=O) groups is 2. The van der Waals surface area contributed by atoms with E-state index in [0.29, 0.717) is 5.71 Å². The molecule has 0 aliphatic carbocycles. The average molecular weight is 252 g/mol. The van der Waals surface area contributed by atoms with Gasteiger partial charge in [-0.25, -0.2) is 9.79 Å². The summed E-state index contributed by atoms with van der Waals surface area (Å²) in [6.07, 6.45) is 0. The molecule has 0 aromatic carbocycles. The first-order chi connectivity index (χ1) is 8.13. The molecule has 2 rings (SSSR count). The van der Waals surface area contributed by atoms with E-state index < -0.39 is 18.0 Å². The maximum Gasteiger partial charge on any atom is 0.341 e. The third-order valence-electron chi connectivity index (χ3n) is 2.70. The Kier molecular flexibility index (Phi) is 3.23. The average Bonchev–Trinajstić information content (AvgIpc) is 2.80. The Bertz CT molecular complexity index is 467. The highest BCUT2D eigenvalue weighted by Gasteiger charge is 2.37. The van der Waals surface area contributed by atoms with Gasteiger partial charge in [-0.15, -0.1) is 0 Å². The van der Waals surface area contributed by atoms with E-state index in [2.05, 4.69) is 10.3 Å². The van der Waals surface area contributed by atoms with Crippen LogP contribution in [0, 0.1) is 5.92 Å². The summed E-state index contributed by atoms with van der Waals surface area (Å²) in [5.74, 6) is -0.935. The van der Waals surface area contributed by atoms with Gasteiger partial charge in [-0.2, -0.15) is 11.3 Å². The predicted octanol–water partition coefficient (Wildman–Crippen LogP) is 1.76. The second-order valence-corrected chi connectivity index (χ2v) is 4.52. The van der Waals surface area contributed by atoms with E-state index in [4.69, 9.17) is 4.74 Å². The van der Waals surface area contributed by atoms with Crippen molar-refractivity contribution in [3.05, 3.63) is 22.4 Å². The number of nitrogens with one attached hydrogen (secondary N) is 1. The first-order valence-corrected chi connectivity index (χ1v) is 6.03. The van der Waals surface area contributed by atoms with Gasteiger partial charge in [0.05, 0.1) is 13.2 Å². The molecule has 0 saturated heterocycles. The number of methoxy groups -OCH3 is 1. The number of aliphatic imine (C=N–C) groups is 1. The molecular weight excluding hydrogens is 240 g/mol. The van der Waals surface area contributed by atoms with Gasteiger partial charge >= 0.3 is 12.0 Å². The van der Waals surface area contributed by atoms with Crippen molar-refractivity contribution in [2.75, 3.05) is 7.11 Å². The molecule has 90 valence electrons. The van der Waals surface area contributed by atoms with Crippen molar-refractivity contribution in [1.29, 1.82) is 0 Å². The number of nitrogens with zero attached hydrogens (tertiary/aromatic N) is 1. The van der Waals surface area contributed by atoms with Crippen LogP contribution in [0.4, 0.5) is 4.79 Å². The Morgan fingerprint density at radius 2 is 2.35 bits per heavy atom. The molecule has 17 heavy (non-hydrogen) atoms. The molecule has 2 unspecified atom stereocenters. The monoisotopic (exact) mass is 252 g/mol. The van der Waals surface area contributed by atoms with Crippen molar-refractivity contribution in [3.63, 3.8) is 0 Å². The second kappa shape index (κ2) is 4.67. The van der Waals surface area contributed by atoms with Gasteiger partial charge in [0.2, 0.25) is 0 Å². The molecule has 1 aliphatic heterocycles. The number of amides is 2. The minimum Gasteiger partial charge on any atom is -0.468 e. The number of esters is 1. The van der Waals surface area contributed by atoms with Crippen LogP contribution in [0.5, 0.6) is 0 Å². The van der Waals surface area contributed by atoms with Gasteiger partial charge in [-0.05, 0) is 29.3 Å². The zero-order valence-corrected chi connectivity index (χ0v) is 10.3. The third kappa shape index (κ3) is 2.21. The molecule has 2 heterocycles. The number of ether oxygens (including phenoxy) is 1. The fourth-order valence-corrected chi connectivity index (χ4v) is 2.58. The van der Waals surface area contributed by atoms with Crippen LogP contribution >= 0.6 is 11.3 Å². The zero-order chi connectivity index (χ0) is 12.4. The molecule has 0 fully saturated rings. The largest absolute Gasteiger partial charge is 0.468 e. The molecule has 2 atom stereocenters. The van der Waals surface area contributed by atoms with Crippen LogP contribution in [0.25, 0.3) is 0 Å². The quantitative estimate of drug-likeness (QED) is 0.815. The van der Waals surface area contributed by atoms with E-state index in [1.807, 2.05) is 16.8 Å². The highest BCUT2D eigenvalue weighted by atomic mass is 32.1. The first-order valence-electron chi connectivity index (χ1n) is 5.09. The molecule has 0 saturated carbocycles. The molecule has 0 radical (unpaired) electrons. The van der Waals surface area contributed by atoms with Crippen LogP contribution in [0.15, 0.2) is 21.8 Å². The van der Waals surface area contributed by atoms with Crippen molar-refractivity contribution in [3.8, 4) is 0 Å². The Morgan fingerprint density at radius 1 is 1.59 bits per heavy atom. The second-order valence-electron chi connectivity index (χ2n) is 3.74. The van der Waals surface area contributed by atoms with Crippen LogP contribution in [0.1, 0.15) is 18.5 Å². The SMILES string of the molecule is COC(=O)C1C(C)=NC(=O)NC1c1ccsc1. The van der Waals surface area contributed by atoms with Crippen LogP contribution in [-0.2, 0) is 9.53 Å². The molecular formula is C11H12N2O3S. The molecule has 0 spiro atoms. The first kappa shape index (κ1) is 11.8. The van der Waals surface area contributed by atoms with Gasteiger partial charge in [0, 0.05) is 5.71 Å². The highest BCUT2D eigenvalue weighted by molar-refractivity contribution is 7.08. The van der Waals surface area contributed by atoms with Gasteiger partial charge in [0.1, 0.15) is 5.92 Å². The Labute approximate surface area is 103 Å². The topological polar surface area (TPSA) is 67.8 Å². The van der Waals surface area contributed by atoms with E-state index >= 15 is 0 Å². The van der Waals surface area contributed by atoms with Crippen LogP contribution < -0.4 is 5.32 Å². The van der Waals surface area contributed by atoms with Gasteiger partial charge in [-0.3, -0.25) is 4.79 Å². The molecule has 6 heteroatoms. The van der Waals surface area contributed by atoms with Crippen LogP contribution in [0.2, 0.25) is 0 Å². The summed E-state index contributed by atoms with van der Waals surface area (Å²) in [6.45, 7) is 1.67. The molecule has 1 N–H and O–H groups in total. The van der Waals surface area contributed by atoms with E-state index in [9.17, 15) is 9.59 Å². The summed E-state index contributed by atoms with van der Waals surface area (Å²) in [4.78, 5) is 26.9. The predicted molar refractivity (Wildman–Crippen MR) is 64.2 cm³/mol. The lowest BCUT2D eigenvalue weighted by Gasteiger charge is -2.28. The highest BCUT2D eigenvalue weighted by Crippen LogP contribution is 2.29. The molecule has 1 aliphatic rings. The van der Waals surface area contributed by atoms with E-state index in [1.165, 1.54) is 18.4 Å². The summed E-state index contributed by atoms with van der Waals surface area (Å²) in [5, 5.41) is 6.50. The van der Waals surface area contributed by atoms with E-state index in [0.717, 1.165) is 5.56 Å². The Hall–Kier alpha value is -1.69. The minimum atomic E-state index is -0.549. The van der Waals surface area contributed by atoms with Crippen molar-refractivity contribution >= 4 is 29.0 Å². The van der Waals surface area contributed by atoms with Crippen molar-refractivity contribution in [2.45, 2.75) is 13.0 Å². The lowest BCUT2D eigenvalue weighted by molar-refractivity contribution is -0.143. The summed E-state index contributed by atoms with van der Waals surface area (Å²) >= 11 is 1.51. The van der Waals surface area contributed by atoms with Gasteiger partial charge < -0.3 is 10.1 Å². The maximum atomic E-state index is 11.7. The van der Waals surface area contributed by atoms with Crippen molar-refractivity contribution in [2.24, 2.45) is 10.9 Å². The Morgan fingerprint density at radius 3 is 2.94 bits per heavy atom. The van der Waals surface area contributed by atoms with Gasteiger partial charge in [-0.1, -0.05) is 0 Å². The molecule has 2 amide bonds. The van der Waals surface area contributed by atoms with Gasteiger partial charge in [0.25, 0.3) is 0 Å². The molecule has 0 bridgehead atoms.